The zero-order chi connectivity index (χ0) is 18.9. The molecule has 1 atom stereocenters. The lowest BCUT2D eigenvalue weighted by Gasteiger charge is -2.35. The predicted molar refractivity (Wildman–Crippen MR) is 103 cm³/mol. The number of piperazine rings is 1. The Morgan fingerprint density at radius 1 is 1.19 bits per heavy atom. The summed E-state index contributed by atoms with van der Waals surface area (Å²) in [6.45, 7) is 6.42. The van der Waals surface area contributed by atoms with Crippen LogP contribution in [0.4, 0.5) is 5.82 Å². The molecule has 26 heavy (non-hydrogen) atoms. The summed E-state index contributed by atoms with van der Waals surface area (Å²) in [5.41, 5.74) is 0. The van der Waals surface area contributed by atoms with E-state index in [1.54, 1.807) is 6.20 Å². The molecule has 1 aromatic heterocycles. The third kappa shape index (κ3) is 6.63. The van der Waals surface area contributed by atoms with E-state index < -0.39 is 0 Å². The second-order valence-electron chi connectivity index (χ2n) is 7.22. The molecule has 2 amide bonds. The van der Waals surface area contributed by atoms with Crippen molar-refractivity contribution in [3.63, 3.8) is 0 Å². The van der Waals surface area contributed by atoms with Crippen molar-refractivity contribution >= 4 is 17.6 Å². The lowest BCUT2D eigenvalue weighted by molar-refractivity contribution is -0.132. The molecule has 0 saturated carbocycles. The molecular formula is C19H31N5O2. The highest BCUT2D eigenvalue weighted by atomic mass is 16.2. The van der Waals surface area contributed by atoms with Crippen molar-refractivity contribution in [2.75, 3.05) is 58.3 Å². The van der Waals surface area contributed by atoms with E-state index in [2.05, 4.69) is 15.2 Å². The smallest absolute Gasteiger partial charge is 0.222 e. The standard InChI is InChI=1S/C19H31N5O2/c1-16(14-18(25)21-8-9-22(2)3)15-19(26)24-12-10-23(11-13-24)17-6-4-5-7-20-17/h4-7,16H,8-15H2,1-3H3,(H,21,25). The highest BCUT2D eigenvalue weighted by molar-refractivity contribution is 5.79. The third-order valence-electron chi connectivity index (χ3n) is 4.54. The highest BCUT2D eigenvalue weighted by Gasteiger charge is 2.23. The summed E-state index contributed by atoms with van der Waals surface area (Å²) >= 11 is 0. The summed E-state index contributed by atoms with van der Waals surface area (Å²) in [5, 5.41) is 2.90. The number of anilines is 1. The van der Waals surface area contributed by atoms with Crippen LogP contribution in [0.25, 0.3) is 0 Å². The Bertz CT molecular complexity index is 571. The van der Waals surface area contributed by atoms with Crippen LogP contribution in [0.3, 0.4) is 0 Å². The maximum absolute atomic E-state index is 12.5. The molecule has 0 aliphatic carbocycles. The second kappa shape index (κ2) is 10.1. The summed E-state index contributed by atoms with van der Waals surface area (Å²) in [6, 6.07) is 5.88. The first-order valence-corrected chi connectivity index (χ1v) is 9.31. The number of carbonyl (C=O) groups is 2. The van der Waals surface area contributed by atoms with Gasteiger partial charge in [0, 0.05) is 58.3 Å². The first kappa shape index (κ1) is 20.2. The normalized spacial score (nSPS) is 15.8. The number of pyridine rings is 1. The Kier molecular flexibility index (Phi) is 7.84. The van der Waals surface area contributed by atoms with Gasteiger partial charge < -0.3 is 20.0 Å². The highest BCUT2D eigenvalue weighted by Crippen LogP contribution is 2.15. The molecule has 1 aromatic rings. The molecule has 7 heteroatoms. The van der Waals surface area contributed by atoms with Crippen LogP contribution < -0.4 is 10.2 Å². The van der Waals surface area contributed by atoms with Gasteiger partial charge >= 0.3 is 0 Å². The van der Waals surface area contributed by atoms with E-state index in [1.165, 1.54) is 0 Å². The summed E-state index contributed by atoms with van der Waals surface area (Å²) in [6.07, 6.45) is 2.61. The molecule has 1 N–H and O–H groups in total. The zero-order valence-electron chi connectivity index (χ0n) is 16.1. The molecular weight excluding hydrogens is 330 g/mol. The van der Waals surface area contributed by atoms with Gasteiger partial charge in [-0.1, -0.05) is 13.0 Å². The molecule has 7 nitrogen and oxygen atoms in total. The maximum Gasteiger partial charge on any atom is 0.222 e. The van der Waals surface area contributed by atoms with Crippen molar-refractivity contribution in [1.82, 2.24) is 20.1 Å². The van der Waals surface area contributed by atoms with Crippen LogP contribution in [0.1, 0.15) is 19.8 Å². The van der Waals surface area contributed by atoms with E-state index in [0.717, 1.165) is 25.5 Å². The van der Waals surface area contributed by atoms with E-state index in [1.807, 2.05) is 49.0 Å². The summed E-state index contributed by atoms with van der Waals surface area (Å²) in [5.74, 6) is 1.17. The van der Waals surface area contributed by atoms with Crippen LogP contribution in [-0.2, 0) is 9.59 Å². The van der Waals surface area contributed by atoms with Gasteiger partial charge in [0.1, 0.15) is 5.82 Å². The minimum atomic E-state index is 0.0205. The summed E-state index contributed by atoms with van der Waals surface area (Å²) < 4.78 is 0. The average Bonchev–Trinajstić information content (AvgIpc) is 2.62. The van der Waals surface area contributed by atoms with Crippen molar-refractivity contribution in [2.45, 2.75) is 19.8 Å². The monoisotopic (exact) mass is 361 g/mol. The molecule has 0 spiro atoms. The number of likely N-dealkylation sites (N-methyl/N-ethyl adjacent to an activating group) is 1. The fourth-order valence-corrected chi connectivity index (χ4v) is 3.03. The number of nitrogens with one attached hydrogen (secondary N) is 1. The number of amides is 2. The summed E-state index contributed by atoms with van der Waals surface area (Å²) in [4.78, 5) is 34.9. The predicted octanol–water partition coefficient (Wildman–Crippen LogP) is 0.824. The van der Waals surface area contributed by atoms with Crippen LogP contribution in [0.2, 0.25) is 0 Å². The van der Waals surface area contributed by atoms with Crippen LogP contribution >= 0.6 is 0 Å². The quantitative estimate of drug-likeness (QED) is 0.743. The molecule has 144 valence electrons. The average molecular weight is 361 g/mol. The molecule has 0 radical (unpaired) electrons. The Morgan fingerprint density at radius 3 is 2.54 bits per heavy atom. The zero-order valence-corrected chi connectivity index (χ0v) is 16.1. The fourth-order valence-electron chi connectivity index (χ4n) is 3.03. The largest absolute Gasteiger partial charge is 0.355 e. The Labute approximate surface area is 156 Å². The lowest BCUT2D eigenvalue weighted by Crippen LogP contribution is -2.49. The molecule has 0 bridgehead atoms. The van der Waals surface area contributed by atoms with Gasteiger partial charge in [0.2, 0.25) is 11.8 Å². The topological polar surface area (TPSA) is 68.8 Å². The molecule has 2 rings (SSSR count). The van der Waals surface area contributed by atoms with Gasteiger partial charge in [0.15, 0.2) is 0 Å². The SMILES string of the molecule is CC(CC(=O)NCCN(C)C)CC(=O)N1CCN(c2ccccn2)CC1. The number of aromatic nitrogens is 1. The Hall–Kier alpha value is -2.15. The van der Waals surface area contributed by atoms with E-state index >= 15 is 0 Å². The van der Waals surface area contributed by atoms with Gasteiger partial charge in [-0.2, -0.15) is 0 Å². The number of rotatable bonds is 8. The molecule has 1 fully saturated rings. The van der Waals surface area contributed by atoms with Crippen molar-refractivity contribution < 1.29 is 9.59 Å². The van der Waals surface area contributed by atoms with Gasteiger partial charge in [-0.05, 0) is 32.1 Å². The van der Waals surface area contributed by atoms with Crippen molar-refractivity contribution in [3.05, 3.63) is 24.4 Å². The Morgan fingerprint density at radius 2 is 1.92 bits per heavy atom. The first-order chi connectivity index (χ1) is 12.5. The van der Waals surface area contributed by atoms with E-state index in [0.29, 0.717) is 32.5 Å². The Balaban J connectivity index is 1.69. The molecule has 1 aliphatic heterocycles. The van der Waals surface area contributed by atoms with Crippen LogP contribution in [0.15, 0.2) is 24.4 Å². The van der Waals surface area contributed by atoms with Gasteiger partial charge in [-0.25, -0.2) is 4.98 Å². The number of nitrogens with zero attached hydrogens (tertiary/aromatic N) is 4. The lowest BCUT2D eigenvalue weighted by atomic mass is 10.0. The summed E-state index contributed by atoms with van der Waals surface area (Å²) in [7, 11) is 3.95. The molecule has 0 aromatic carbocycles. The fraction of sp³-hybridized carbons (Fsp3) is 0.632. The van der Waals surface area contributed by atoms with Crippen LogP contribution in [0.5, 0.6) is 0 Å². The number of hydrogen-bond acceptors (Lipinski definition) is 5. The van der Waals surface area contributed by atoms with E-state index in [-0.39, 0.29) is 17.7 Å². The molecule has 1 aliphatic rings. The second-order valence-corrected chi connectivity index (χ2v) is 7.22. The molecule has 2 heterocycles. The van der Waals surface area contributed by atoms with Gasteiger partial charge in [-0.15, -0.1) is 0 Å². The number of carbonyl (C=O) groups excluding carboxylic acids is 2. The minimum Gasteiger partial charge on any atom is -0.355 e. The van der Waals surface area contributed by atoms with Crippen molar-refractivity contribution in [3.8, 4) is 0 Å². The van der Waals surface area contributed by atoms with Crippen molar-refractivity contribution in [1.29, 1.82) is 0 Å². The molecule has 1 saturated heterocycles. The first-order valence-electron chi connectivity index (χ1n) is 9.31. The van der Waals surface area contributed by atoms with Gasteiger partial charge in [0.25, 0.3) is 0 Å². The van der Waals surface area contributed by atoms with E-state index in [4.69, 9.17) is 0 Å². The number of hydrogen-bond donors (Lipinski definition) is 1. The van der Waals surface area contributed by atoms with Gasteiger partial charge in [-0.3, -0.25) is 9.59 Å². The van der Waals surface area contributed by atoms with Crippen LogP contribution in [0, 0.1) is 5.92 Å². The maximum atomic E-state index is 12.5. The molecule has 1 unspecified atom stereocenters. The van der Waals surface area contributed by atoms with Crippen molar-refractivity contribution in [2.24, 2.45) is 5.92 Å². The van der Waals surface area contributed by atoms with E-state index in [9.17, 15) is 9.59 Å². The minimum absolute atomic E-state index is 0.0205. The van der Waals surface area contributed by atoms with Gasteiger partial charge in [0.05, 0.1) is 0 Å². The third-order valence-corrected chi connectivity index (χ3v) is 4.54. The van der Waals surface area contributed by atoms with Crippen LogP contribution in [-0.4, -0.2) is 80.0 Å².